The van der Waals surface area contributed by atoms with Crippen LogP contribution in [0.15, 0.2) is 38.6 Å². The summed E-state index contributed by atoms with van der Waals surface area (Å²) >= 11 is 8.34. The second-order valence-corrected chi connectivity index (χ2v) is 6.93. The molecule has 2 rings (SSSR count). The molecular formula is C15H14Br2O3S. The molecule has 0 N–H and O–H groups in total. The predicted molar refractivity (Wildman–Crippen MR) is 91.8 cm³/mol. The summed E-state index contributed by atoms with van der Waals surface area (Å²) in [7, 11) is 1.61. The second-order valence-electron chi connectivity index (χ2n) is 4.27. The molecule has 6 heteroatoms. The number of carbonyl (C=O) groups is 1. The van der Waals surface area contributed by atoms with Crippen LogP contribution in [0.4, 0.5) is 0 Å². The van der Waals surface area contributed by atoms with Crippen LogP contribution in [0.1, 0.15) is 22.5 Å². The Labute approximate surface area is 144 Å². The van der Waals surface area contributed by atoms with Gasteiger partial charge < -0.3 is 9.47 Å². The lowest BCUT2D eigenvalue weighted by atomic mass is 10.2. The van der Waals surface area contributed by atoms with E-state index in [0.29, 0.717) is 19.4 Å². The lowest BCUT2D eigenvalue weighted by Gasteiger charge is -2.11. The van der Waals surface area contributed by atoms with E-state index >= 15 is 0 Å². The number of benzene rings is 1. The van der Waals surface area contributed by atoms with Crippen LogP contribution < -0.4 is 9.47 Å². The van der Waals surface area contributed by atoms with E-state index < -0.39 is 0 Å². The molecule has 0 bridgehead atoms. The maximum absolute atomic E-state index is 11.8. The highest BCUT2D eigenvalue weighted by Crippen LogP contribution is 2.36. The summed E-state index contributed by atoms with van der Waals surface area (Å²) in [5.41, 5.74) is 0. The fourth-order valence-corrected chi connectivity index (χ4v) is 3.37. The molecular weight excluding hydrogens is 420 g/mol. The molecule has 2 aromatic rings. The molecule has 0 aliphatic heterocycles. The highest BCUT2D eigenvalue weighted by atomic mass is 79.9. The van der Waals surface area contributed by atoms with Crippen LogP contribution in [-0.4, -0.2) is 19.5 Å². The SMILES string of the molecule is COc1cc(Br)c(OCCCC(=O)c2cccs2)cc1Br. The summed E-state index contributed by atoms with van der Waals surface area (Å²) in [6.45, 7) is 0.495. The number of Topliss-reactive ketones (excluding diaryl/α,β-unsaturated/α-hetero) is 1. The van der Waals surface area contributed by atoms with Crippen molar-refractivity contribution >= 4 is 49.0 Å². The number of methoxy groups -OCH3 is 1. The normalized spacial score (nSPS) is 10.4. The van der Waals surface area contributed by atoms with Crippen LogP contribution in [0.25, 0.3) is 0 Å². The van der Waals surface area contributed by atoms with Crippen molar-refractivity contribution in [3.8, 4) is 11.5 Å². The van der Waals surface area contributed by atoms with Crippen molar-refractivity contribution in [2.24, 2.45) is 0 Å². The third kappa shape index (κ3) is 4.56. The van der Waals surface area contributed by atoms with Gasteiger partial charge >= 0.3 is 0 Å². The van der Waals surface area contributed by atoms with Crippen LogP contribution in [0.3, 0.4) is 0 Å². The summed E-state index contributed by atoms with van der Waals surface area (Å²) in [6.07, 6.45) is 1.18. The molecule has 0 aliphatic rings. The first-order chi connectivity index (χ1) is 10.1. The highest BCUT2D eigenvalue weighted by molar-refractivity contribution is 9.11. The van der Waals surface area contributed by atoms with Gasteiger partial charge in [-0.2, -0.15) is 0 Å². The fourth-order valence-electron chi connectivity index (χ4n) is 1.75. The minimum absolute atomic E-state index is 0.170. The maximum Gasteiger partial charge on any atom is 0.172 e. The Morgan fingerprint density at radius 3 is 2.62 bits per heavy atom. The lowest BCUT2D eigenvalue weighted by molar-refractivity contribution is 0.0977. The van der Waals surface area contributed by atoms with Gasteiger partial charge in [0, 0.05) is 6.42 Å². The van der Waals surface area contributed by atoms with Gasteiger partial charge in [0.15, 0.2) is 5.78 Å². The number of ether oxygens (including phenoxy) is 2. The number of hydrogen-bond donors (Lipinski definition) is 0. The third-order valence-corrected chi connectivity index (χ3v) is 4.96. The molecule has 1 heterocycles. The molecule has 0 aliphatic carbocycles. The minimum atomic E-state index is 0.170. The van der Waals surface area contributed by atoms with Crippen molar-refractivity contribution in [1.82, 2.24) is 0 Å². The van der Waals surface area contributed by atoms with Gasteiger partial charge in [-0.15, -0.1) is 11.3 Å². The van der Waals surface area contributed by atoms with Gasteiger partial charge in [-0.3, -0.25) is 4.79 Å². The van der Waals surface area contributed by atoms with Crippen LogP contribution in [0.5, 0.6) is 11.5 Å². The average molecular weight is 434 g/mol. The van der Waals surface area contributed by atoms with Crippen LogP contribution in [0, 0.1) is 0 Å². The van der Waals surface area contributed by atoms with E-state index in [1.54, 1.807) is 7.11 Å². The minimum Gasteiger partial charge on any atom is -0.496 e. The number of ketones is 1. The second kappa shape index (κ2) is 7.96. The smallest absolute Gasteiger partial charge is 0.172 e. The van der Waals surface area contributed by atoms with Crippen LogP contribution >= 0.6 is 43.2 Å². The van der Waals surface area contributed by atoms with Crippen molar-refractivity contribution in [1.29, 1.82) is 0 Å². The summed E-state index contributed by atoms with van der Waals surface area (Å²) < 4.78 is 12.6. The summed E-state index contributed by atoms with van der Waals surface area (Å²) in [4.78, 5) is 12.7. The predicted octanol–water partition coefficient (Wildman–Crippen LogP) is 5.32. The number of hydrogen-bond acceptors (Lipinski definition) is 4. The molecule has 0 saturated heterocycles. The van der Waals surface area contributed by atoms with Gasteiger partial charge in [0.1, 0.15) is 11.5 Å². The topological polar surface area (TPSA) is 35.5 Å². The van der Waals surface area contributed by atoms with Gasteiger partial charge in [-0.05, 0) is 61.9 Å². The Kier molecular flexibility index (Phi) is 6.26. The standard InChI is InChI=1S/C15H14Br2O3S/c1-19-13-8-11(17)14(9-10(13)16)20-6-2-4-12(18)15-5-3-7-21-15/h3,5,7-9H,2,4,6H2,1H3. The van der Waals surface area contributed by atoms with E-state index in [-0.39, 0.29) is 5.78 Å². The molecule has 0 atom stereocenters. The number of thiophene rings is 1. The molecule has 21 heavy (non-hydrogen) atoms. The zero-order chi connectivity index (χ0) is 15.2. The van der Waals surface area contributed by atoms with Gasteiger partial charge in [0.2, 0.25) is 0 Å². The van der Waals surface area contributed by atoms with E-state index in [9.17, 15) is 4.79 Å². The Morgan fingerprint density at radius 2 is 1.95 bits per heavy atom. The molecule has 0 radical (unpaired) electrons. The van der Waals surface area contributed by atoms with Crippen molar-refractivity contribution in [2.75, 3.05) is 13.7 Å². The first-order valence-corrected chi connectivity index (χ1v) is 8.81. The number of halogens is 2. The Bertz CT molecular complexity index is 612. The zero-order valence-electron chi connectivity index (χ0n) is 11.4. The first-order valence-electron chi connectivity index (χ1n) is 6.34. The molecule has 0 fully saturated rings. The van der Waals surface area contributed by atoms with E-state index in [2.05, 4.69) is 31.9 Å². The lowest BCUT2D eigenvalue weighted by Crippen LogP contribution is -2.03. The largest absolute Gasteiger partial charge is 0.496 e. The summed E-state index contributed by atoms with van der Waals surface area (Å²) in [5, 5.41) is 1.91. The number of rotatable bonds is 7. The number of carbonyl (C=O) groups excluding carboxylic acids is 1. The van der Waals surface area contributed by atoms with Gasteiger partial charge in [-0.25, -0.2) is 0 Å². The molecule has 112 valence electrons. The van der Waals surface area contributed by atoms with Crippen LogP contribution in [-0.2, 0) is 0 Å². The molecule has 0 amide bonds. The van der Waals surface area contributed by atoms with Gasteiger partial charge in [0.25, 0.3) is 0 Å². The molecule has 1 aromatic heterocycles. The molecule has 0 saturated carbocycles. The van der Waals surface area contributed by atoms with E-state index in [1.165, 1.54) is 11.3 Å². The van der Waals surface area contributed by atoms with Crippen LogP contribution in [0.2, 0.25) is 0 Å². The van der Waals surface area contributed by atoms with Gasteiger partial charge in [0.05, 0.1) is 27.5 Å². The van der Waals surface area contributed by atoms with E-state index in [4.69, 9.17) is 9.47 Å². The molecule has 1 aromatic carbocycles. The zero-order valence-corrected chi connectivity index (χ0v) is 15.4. The maximum atomic E-state index is 11.8. The summed E-state index contributed by atoms with van der Waals surface area (Å²) in [5.74, 6) is 1.64. The molecule has 0 unspecified atom stereocenters. The van der Waals surface area contributed by atoms with E-state index in [1.807, 2.05) is 29.6 Å². The van der Waals surface area contributed by atoms with Gasteiger partial charge in [-0.1, -0.05) is 6.07 Å². The first kappa shape index (κ1) is 16.5. The third-order valence-electron chi connectivity index (χ3n) is 2.81. The Hall–Kier alpha value is -0.850. The monoisotopic (exact) mass is 432 g/mol. The highest BCUT2D eigenvalue weighted by Gasteiger charge is 2.09. The van der Waals surface area contributed by atoms with Crippen molar-refractivity contribution in [3.63, 3.8) is 0 Å². The fraction of sp³-hybridized carbons (Fsp3) is 0.267. The average Bonchev–Trinajstić information content (AvgIpc) is 3.00. The Morgan fingerprint density at radius 1 is 1.24 bits per heavy atom. The van der Waals surface area contributed by atoms with Crippen molar-refractivity contribution in [2.45, 2.75) is 12.8 Å². The molecule has 0 spiro atoms. The summed E-state index contributed by atoms with van der Waals surface area (Å²) in [6, 6.07) is 7.44. The van der Waals surface area contributed by atoms with Crippen molar-refractivity contribution < 1.29 is 14.3 Å². The Balaban J connectivity index is 1.84. The van der Waals surface area contributed by atoms with Crippen molar-refractivity contribution in [3.05, 3.63) is 43.5 Å². The molecule has 3 nitrogen and oxygen atoms in total. The van der Waals surface area contributed by atoms with E-state index in [0.717, 1.165) is 25.3 Å². The quantitative estimate of drug-likeness (QED) is 0.437.